The first kappa shape index (κ1) is 21.0. The van der Waals surface area contributed by atoms with Crippen LogP contribution >= 0.6 is 27.3 Å². The van der Waals surface area contributed by atoms with Gasteiger partial charge in [-0.2, -0.15) is 4.72 Å². The molecule has 0 saturated carbocycles. The number of nitrogens with zero attached hydrogens (tertiary/aromatic N) is 1. The number of carbonyl (C=O) groups is 2. The molecule has 0 aliphatic carbocycles. The Morgan fingerprint density at radius 3 is 2.59 bits per heavy atom. The quantitative estimate of drug-likeness (QED) is 0.191. The molecular formula is C14H12BrN3O7S2. The zero-order valence-corrected chi connectivity index (χ0v) is 16.6. The molecule has 0 aliphatic heterocycles. The fraction of sp³-hybridized carbons (Fsp3) is 0.143. The van der Waals surface area contributed by atoms with Gasteiger partial charge in [-0.1, -0.05) is 0 Å². The van der Waals surface area contributed by atoms with E-state index in [9.17, 15) is 28.1 Å². The summed E-state index contributed by atoms with van der Waals surface area (Å²) in [5.74, 6) is -1.41. The normalized spacial score (nSPS) is 11.1. The molecular weight excluding hydrogens is 466 g/mol. The molecule has 0 fully saturated rings. The molecule has 1 heterocycles. The maximum Gasteiger partial charge on any atom is 0.321 e. The zero-order valence-electron chi connectivity index (χ0n) is 13.4. The van der Waals surface area contributed by atoms with Gasteiger partial charge in [-0.3, -0.25) is 19.7 Å². The van der Waals surface area contributed by atoms with E-state index in [1.807, 2.05) is 4.72 Å². The van der Waals surface area contributed by atoms with E-state index < -0.39 is 50.4 Å². The Hall–Kier alpha value is -2.35. The minimum absolute atomic E-state index is 0.197. The van der Waals surface area contributed by atoms with Gasteiger partial charge in [0.05, 0.1) is 18.5 Å². The van der Waals surface area contributed by atoms with Crippen LogP contribution < -0.4 is 10.5 Å². The number of halogens is 1. The van der Waals surface area contributed by atoms with Crippen molar-refractivity contribution in [1.82, 2.24) is 4.72 Å². The summed E-state index contributed by atoms with van der Waals surface area (Å²) in [6.45, 7) is -1.29. The number of benzene rings is 1. The van der Waals surface area contributed by atoms with Crippen molar-refractivity contribution in [3.63, 3.8) is 0 Å². The number of hydrogen-bond acceptors (Lipinski definition) is 9. The lowest BCUT2D eigenvalue weighted by Crippen LogP contribution is -2.31. The van der Waals surface area contributed by atoms with E-state index in [0.717, 1.165) is 22.0 Å². The number of rotatable bonds is 8. The van der Waals surface area contributed by atoms with E-state index in [1.54, 1.807) is 12.1 Å². The molecule has 0 spiro atoms. The van der Waals surface area contributed by atoms with Gasteiger partial charge in [0, 0.05) is 6.07 Å². The zero-order chi connectivity index (χ0) is 20.2. The van der Waals surface area contributed by atoms with E-state index in [-0.39, 0.29) is 5.69 Å². The third-order valence-electron chi connectivity index (χ3n) is 3.13. The van der Waals surface area contributed by atoms with Crippen LogP contribution in [0.25, 0.3) is 0 Å². The Labute approximate surface area is 165 Å². The lowest BCUT2D eigenvalue weighted by molar-refractivity contribution is -0.384. The predicted molar refractivity (Wildman–Crippen MR) is 100 cm³/mol. The molecule has 13 heteroatoms. The number of anilines is 1. The number of nitrogens with two attached hydrogens (primary N) is 1. The minimum Gasteiger partial charge on any atom is -0.456 e. The first-order chi connectivity index (χ1) is 12.6. The number of Topliss-reactive ketones (excluding diaryl/α,β-unsaturated/α-hetero) is 1. The summed E-state index contributed by atoms with van der Waals surface area (Å²) in [5.41, 5.74) is 4.64. The SMILES string of the molecule is Nc1ccc(S(=O)(=O)NCC(=O)OCC(=O)c2ccc(Br)s2)cc1[N+](=O)[O-]. The van der Waals surface area contributed by atoms with E-state index in [2.05, 4.69) is 15.9 Å². The molecule has 27 heavy (non-hydrogen) atoms. The summed E-state index contributed by atoms with van der Waals surface area (Å²) >= 11 is 4.37. The number of ketones is 1. The molecule has 144 valence electrons. The Bertz CT molecular complexity index is 1000. The first-order valence-corrected chi connectivity index (χ1v) is 10.2. The average Bonchev–Trinajstić information content (AvgIpc) is 3.04. The molecule has 1 aromatic carbocycles. The molecule has 2 aromatic rings. The second-order valence-electron chi connectivity index (χ2n) is 4.99. The van der Waals surface area contributed by atoms with Gasteiger partial charge in [0.15, 0.2) is 6.61 Å². The molecule has 1 aromatic heterocycles. The predicted octanol–water partition coefficient (Wildman–Crippen LogP) is 1.71. The van der Waals surface area contributed by atoms with E-state index >= 15 is 0 Å². The Morgan fingerprint density at radius 1 is 1.30 bits per heavy atom. The third kappa shape index (κ3) is 5.56. The largest absolute Gasteiger partial charge is 0.456 e. The Morgan fingerprint density at radius 2 is 2.00 bits per heavy atom. The average molecular weight is 478 g/mol. The second-order valence-corrected chi connectivity index (χ2v) is 9.22. The molecule has 0 bridgehead atoms. The minimum atomic E-state index is -4.22. The van der Waals surface area contributed by atoms with E-state index in [0.29, 0.717) is 4.88 Å². The summed E-state index contributed by atoms with van der Waals surface area (Å²) in [5, 5.41) is 10.8. The van der Waals surface area contributed by atoms with Gasteiger partial charge in [0.1, 0.15) is 12.2 Å². The number of nitro benzene ring substituents is 1. The lowest BCUT2D eigenvalue weighted by atomic mass is 10.3. The number of carbonyl (C=O) groups excluding carboxylic acids is 2. The number of esters is 1. The summed E-state index contributed by atoms with van der Waals surface area (Å²) in [6, 6.07) is 6.14. The lowest BCUT2D eigenvalue weighted by Gasteiger charge is -2.07. The maximum atomic E-state index is 12.1. The molecule has 0 radical (unpaired) electrons. The van der Waals surface area contributed by atoms with Crippen molar-refractivity contribution in [2.75, 3.05) is 18.9 Å². The van der Waals surface area contributed by atoms with Gasteiger partial charge in [0.2, 0.25) is 15.8 Å². The molecule has 10 nitrogen and oxygen atoms in total. The summed E-state index contributed by atoms with van der Waals surface area (Å²) in [7, 11) is -4.22. The van der Waals surface area contributed by atoms with Crippen LogP contribution in [-0.4, -0.2) is 38.2 Å². The van der Waals surface area contributed by atoms with Gasteiger partial charge >= 0.3 is 5.97 Å². The maximum absolute atomic E-state index is 12.1. The van der Waals surface area contributed by atoms with Crippen LogP contribution in [0.3, 0.4) is 0 Å². The highest BCUT2D eigenvalue weighted by molar-refractivity contribution is 9.11. The van der Waals surface area contributed by atoms with Crippen LogP contribution in [0.5, 0.6) is 0 Å². The van der Waals surface area contributed by atoms with Gasteiger partial charge in [-0.25, -0.2) is 8.42 Å². The molecule has 0 atom stereocenters. The van der Waals surface area contributed by atoms with Crippen molar-refractivity contribution in [2.45, 2.75) is 4.90 Å². The van der Waals surface area contributed by atoms with Crippen molar-refractivity contribution < 1.29 is 27.7 Å². The fourth-order valence-corrected chi connectivity index (χ4v) is 4.12. The van der Waals surface area contributed by atoms with Gasteiger partial charge in [-0.05, 0) is 40.2 Å². The van der Waals surface area contributed by atoms with Crippen LogP contribution in [0.2, 0.25) is 0 Å². The van der Waals surface area contributed by atoms with Crippen molar-refractivity contribution in [3.8, 4) is 0 Å². The van der Waals surface area contributed by atoms with Crippen molar-refractivity contribution in [1.29, 1.82) is 0 Å². The number of hydrogen-bond donors (Lipinski definition) is 2. The van der Waals surface area contributed by atoms with Crippen LogP contribution in [0.4, 0.5) is 11.4 Å². The number of nitrogens with one attached hydrogen (secondary N) is 1. The highest BCUT2D eigenvalue weighted by Crippen LogP contribution is 2.24. The molecule has 0 amide bonds. The molecule has 3 N–H and O–H groups in total. The van der Waals surface area contributed by atoms with E-state index in [1.165, 1.54) is 11.3 Å². The number of ether oxygens (including phenoxy) is 1. The monoisotopic (exact) mass is 477 g/mol. The van der Waals surface area contributed by atoms with Crippen LogP contribution in [0.1, 0.15) is 9.67 Å². The summed E-state index contributed by atoms with van der Waals surface area (Å²) in [4.78, 5) is 33.4. The highest BCUT2D eigenvalue weighted by atomic mass is 79.9. The highest BCUT2D eigenvalue weighted by Gasteiger charge is 2.21. The van der Waals surface area contributed by atoms with Crippen LogP contribution in [0.15, 0.2) is 39.0 Å². The van der Waals surface area contributed by atoms with Gasteiger partial charge in [0.25, 0.3) is 5.69 Å². The number of nitrogen functional groups attached to an aromatic ring is 1. The Kier molecular flexibility index (Phi) is 6.64. The molecule has 0 aliphatic rings. The third-order valence-corrected chi connectivity index (χ3v) is 6.19. The fourth-order valence-electron chi connectivity index (χ4n) is 1.82. The molecule has 0 unspecified atom stereocenters. The summed E-state index contributed by atoms with van der Waals surface area (Å²) in [6.07, 6.45) is 0. The van der Waals surface area contributed by atoms with Crippen LogP contribution in [-0.2, 0) is 19.6 Å². The van der Waals surface area contributed by atoms with Crippen molar-refractivity contribution >= 4 is 60.4 Å². The van der Waals surface area contributed by atoms with Crippen molar-refractivity contribution in [3.05, 3.63) is 49.1 Å². The van der Waals surface area contributed by atoms with E-state index in [4.69, 9.17) is 10.5 Å². The van der Waals surface area contributed by atoms with Crippen molar-refractivity contribution in [2.24, 2.45) is 0 Å². The number of nitro groups is 1. The molecule has 0 saturated heterocycles. The topological polar surface area (TPSA) is 159 Å². The standard InChI is InChI=1S/C14H12BrN3O7S2/c15-13-4-3-12(26-13)11(19)7-25-14(20)6-17-27(23,24)8-1-2-9(16)10(5-8)18(21)22/h1-5,17H,6-7,16H2. The van der Waals surface area contributed by atoms with Gasteiger partial charge in [-0.15, -0.1) is 11.3 Å². The van der Waals surface area contributed by atoms with Gasteiger partial charge < -0.3 is 10.5 Å². The van der Waals surface area contributed by atoms with Crippen LogP contribution in [0, 0.1) is 10.1 Å². The first-order valence-electron chi connectivity index (χ1n) is 7.08. The second kappa shape index (κ2) is 8.56. The smallest absolute Gasteiger partial charge is 0.321 e. The summed E-state index contributed by atoms with van der Waals surface area (Å²) < 4.78 is 31.7. The molecule has 2 rings (SSSR count). The number of sulfonamides is 1. The number of thiophene rings is 1. The Balaban J connectivity index is 1.94.